The Hall–Kier alpha value is -1.43. The van der Waals surface area contributed by atoms with Crippen molar-refractivity contribution in [2.24, 2.45) is 0 Å². The molecule has 0 unspecified atom stereocenters. The molecule has 21 heavy (non-hydrogen) atoms. The van der Waals surface area contributed by atoms with E-state index in [1.807, 2.05) is 35.2 Å². The lowest BCUT2D eigenvalue weighted by molar-refractivity contribution is -0.00545. The van der Waals surface area contributed by atoms with Crippen LogP contribution < -0.4 is 0 Å². The number of aliphatic hydroxyl groups is 1. The van der Waals surface area contributed by atoms with Crippen molar-refractivity contribution in [2.75, 3.05) is 26.3 Å². The molecule has 2 heterocycles. The van der Waals surface area contributed by atoms with Gasteiger partial charge in [0, 0.05) is 17.8 Å². The number of likely N-dealkylation sites (tertiary alicyclic amines) is 1. The second-order valence-corrected chi connectivity index (χ2v) is 6.32. The van der Waals surface area contributed by atoms with Crippen molar-refractivity contribution in [1.82, 2.24) is 4.90 Å². The highest BCUT2D eigenvalue weighted by Gasteiger charge is 2.24. The van der Waals surface area contributed by atoms with Crippen LogP contribution >= 0.6 is 11.3 Å². The normalized spacial score (nSPS) is 16.5. The maximum Gasteiger partial charge on any atom is 0.263 e. The molecule has 0 atom stereocenters. The minimum absolute atomic E-state index is 0.0565. The highest BCUT2D eigenvalue weighted by atomic mass is 32.1. The van der Waals surface area contributed by atoms with E-state index < -0.39 is 0 Å². The number of amides is 1. The molecule has 1 aliphatic rings. The van der Waals surface area contributed by atoms with Crippen LogP contribution in [-0.2, 0) is 4.74 Å². The molecular formula is C16H19NO3S. The number of hydrogen-bond acceptors (Lipinski definition) is 4. The molecule has 1 aromatic carbocycles. The predicted molar refractivity (Wildman–Crippen MR) is 83.8 cm³/mol. The fraction of sp³-hybridized carbons (Fsp3) is 0.438. The number of aliphatic hydroxyl groups excluding tert-OH is 1. The zero-order valence-corrected chi connectivity index (χ0v) is 12.6. The molecule has 1 fully saturated rings. The summed E-state index contributed by atoms with van der Waals surface area (Å²) < 4.78 is 6.68. The molecule has 2 aromatic rings. The molecule has 0 aliphatic carbocycles. The fourth-order valence-electron chi connectivity index (χ4n) is 2.69. The highest BCUT2D eigenvalue weighted by molar-refractivity contribution is 7.20. The molecule has 1 amide bonds. The predicted octanol–water partition coefficient (Wildman–Crippen LogP) is 2.51. The Balaban J connectivity index is 1.63. The van der Waals surface area contributed by atoms with E-state index in [1.54, 1.807) is 11.3 Å². The monoisotopic (exact) mass is 305 g/mol. The number of carbonyl (C=O) groups excluding carboxylic acids is 1. The number of piperidine rings is 1. The molecule has 3 rings (SSSR count). The molecule has 112 valence electrons. The third kappa shape index (κ3) is 3.26. The van der Waals surface area contributed by atoms with E-state index >= 15 is 0 Å². The van der Waals surface area contributed by atoms with Crippen LogP contribution in [0.15, 0.2) is 30.3 Å². The number of thiophene rings is 1. The van der Waals surface area contributed by atoms with Gasteiger partial charge < -0.3 is 14.7 Å². The molecule has 0 spiro atoms. The Bertz CT molecular complexity index is 584. The molecule has 1 aromatic heterocycles. The average Bonchev–Trinajstić information content (AvgIpc) is 2.96. The van der Waals surface area contributed by atoms with E-state index in [9.17, 15) is 4.79 Å². The number of carbonyl (C=O) groups is 1. The number of hydrogen-bond donors (Lipinski definition) is 1. The quantitative estimate of drug-likeness (QED) is 0.944. The van der Waals surface area contributed by atoms with Crippen LogP contribution in [0.3, 0.4) is 0 Å². The number of nitrogens with zero attached hydrogens (tertiary/aromatic N) is 1. The summed E-state index contributed by atoms with van der Waals surface area (Å²) in [6, 6.07) is 10.1. The van der Waals surface area contributed by atoms with Gasteiger partial charge in [-0.3, -0.25) is 4.79 Å². The first-order chi connectivity index (χ1) is 10.3. The van der Waals surface area contributed by atoms with E-state index in [2.05, 4.69) is 0 Å². The van der Waals surface area contributed by atoms with Gasteiger partial charge in [0.25, 0.3) is 5.91 Å². The first-order valence-corrected chi connectivity index (χ1v) is 8.10. The molecule has 4 nitrogen and oxygen atoms in total. The summed E-state index contributed by atoms with van der Waals surface area (Å²) in [5, 5.41) is 9.90. The second-order valence-electron chi connectivity index (χ2n) is 5.23. The third-order valence-electron chi connectivity index (χ3n) is 3.81. The number of fused-ring (bicyclic) bond motifs is 1. The second kappa shape index (κ2) is 6.56. The van der Waals surface area contributed by atoms with Crippen molar-refractivity contribution in [3.63, 3.8) is 0 Å². The van der Waals surface area contributed by atoms with Crippen molar-refractivity contribution in [3.05, 3.63) is 35.2 Å². The summed E-state index contributed by atoms with van der Waals surface area (Å²) in [4.78, 5) is 15.3. The van der Waals surface area contributed by atoms with Gasteiger partial charge in [-0.1, -0.05) is 18.2 Å². The van der Waals surface area contributed by atoms with Crippen LogP contribution in [0.2, 0.25) is 0 Å². The Labute approximate surface area is 127 Å². The minimum atomic E-state index is 0.0565. The first kappa shape index (κ1) is 14.5. The summed E-state index contributed by atoms with van der Waals surface area (Å²) in [6.07, 6.45) is 1.86. The van der Waals surface area contributed by atoms with E-state index in [0.29, 0.717) is 6.61 Å². The molecule has 1 N–H and O–H groups in total. The van der Waals surface area contributed by atoms with E-state index in [0.717, 1.165) is 40.9 Å². The van der Waals surface area contributed by atoms with Gasteiger partial charge in [0.15, 0.2) is 0 Å². The topological polar surface area (TPSA) is 49.8 Å². The highest BCUT2D eigenvalue weighted by Crippen LogP contribution is 2.27. The smallest absolute Gasteiger partial charge is 0.263 e. The molecule has 0 saturated carbocycles. The fourth-order valence-corrected chi connectivity index (χ4v) is 3.72. The molecular weight excluding hydrogens is 286 g/mol. The van der Waals surface area contributed by atoms with Crippen LogP contribution in [0.5, 0.6) is 0 Å². The SMILES string of the molecule is O=C(c1cc2ccccc2s1)N1CCC(OCCO)CC1. The summed E-state index contributed by atoms with van der Waals surface area (Å²) in [5.41, 5.74) is 0. The van der Waals surface area contributed by atoms with Gasteiger partial charge in [0.1, 0.15) is 0 Å². The van der Waals surface area contributed by atoms with Crippen molar-refractivity contribution in [2.45, 2.75) is 18.9 Å². The zero-order chi connectivity index (χ0) is 14.7. The summed E-state index contributed by atoms with van der Waals surface area (Å²) in [5.74, 6) is 0.122. The number of ether oxygens (including phenoxy) is 1. The average molecular weight is 305 g/mol. The van der Waals surface area contributed by atoms with Gasteiger partial charge in [-0.25, -0.2) is 0 Å². The Morgan fingerprint density at radius 1 is 1.33 bits per heavy atom. The van der Waals surface area contributed by atoms with Crippen molar-refractivity contribution < 1.29 is 14.6 Å². The van der Waals surface area contributed by atoms with E-state index in [1.165, 1.54) is 0 Å². The summed E-state index contributed by atoms with van der Waals surface area (Å²) in [7, 11) is 0. The van der Waals surface area contributed by atoms with Crippen LogP contribution in [0.4, 0.5) is 0 Å². The van der Waals surface area contributed by atoms with E-state index in [-0.39, 0.29) is 18.6 Å². The molecule has 1 saturated heterocycles. The van der Waals surface area contributed by atoms with Crippen LogP contribution in [0, 0.1) is 0 Å². The molecule has 0 radical (unpaired) electrons. The van der Waals surface area contributed by atoms with Gasteiger partial charge in [-0.05, 0) is 30.4 Å². The van der Waals surface area contributed by atoms with Crippen LogP contribution in [0.1, 0.15) is 22.5 Å². The number of rotatable bonds is 4. The maximum absolute atomic E-state index is 12.5. The molecule has 0 bridgehead atoms. The Kier molecular flexibility index (Phi) is 4.53. The van der Waals surface area contributed by atoms with Gasteiger partial charge in [-0.15, -0.1) is 11.3 Å². The maximum atomic E-state index is 12.5. The van der Waals surface area contributed by atoms with Gasteiger partial charge in [0.05, 0.1) is 24.2 Å². The third-order valence-corrected chi connectivity index (χ3v) is 4.91. The van der Waals surface area contributed by atoms with Crippen LogP contribution in [0.25, 0.3) is 10.1 Å². The summed E-state index contributed by atoms with van der Waals surface area (Å²) in [6.45, 7) is 1.89. The largest absolute Gasteiger partial charge is 0.394 e. The lowest BCUT2D eigenvalue weighted by Gasteiger charge is -2.31. The lowest BCUT2D eigenvalue weighted by Crippen LogP contribution is -2.40. The minimum Gasteiger partial charge on any atom is -0.394 e. The van der Waals surface area contributed by atoms with Gasteiger partial charge >= 0.3 is 0 Å². The Morgan fingerprint density at radius 2 is 2.10 bits per heavy atom. The number of benzene rings is 1. The standard InChI is InChI=1S/C16H19NO3S/c18-9-10-20-13-5-7-17(8-6-13)16(19)15-11-12-3-1-2-4-14(12)21-15/h1-4,11,13,18H,5-10H2. The molecule has 5 heteroatoms. The Morgan fingerprint density at radius 3 is 2.81 bits per heavy atom. The van der Waals surface area contributed by atoms with Crippen molar-refractivity contribution in [1.29, 1.82) is 0 Å². The lowest BCUT2D eigenvalue weighted by atomic mass is 10.1. The van der Waals surface area contributed by atoms with Gasteiger partial charge in [-0.2, -0.15) is 0 Å². The summed E-state index contributed by atoms with van der Waals surface area (Å²) >= 11 is 1.56. The van der Waals surface area contributed by atoms with Crippen molar-refractivity contribution in [3.8, 4) is 0 Å². The van der Waals surface area contributed by atoms with Crippen molar-refractivity contribution >= 4 is 27.3 Å². The molecule has 1 aliphatic heterocycles. The van der Waals surface area contributed by atoms with Gasteiger partial charge in [0.2, 0.25) is 0 Å². The zero-order valence-electron chi connectivity index (χ0n) is 11.8. The first-order valence-electron chi connectivity index (χ1n) is 7.28. The van der Waals surface area contributed by atoms with Crippen LogP contribution in [-0.4, -0.2) is 48.3 Å². The van der Waals surface area contributed by atoms with E-state index in [4.69, 9.17) is 9.84 Å².